The van der Waals surface area contributed by atoms with Crippen LogP contribution in [0.3, 0.4) is 0 Å². The van der Waals surface area contributed by atoms with Gasteiger partial charge in [-0.2, -0.15) is 4.98 Å². The van der Waals surface area contributed by atoms with Crippen molar-refractivity contribution in [2.24, 2.45) is 0 Å². The maximum absolute atomic E-state index is 12.3. The van der Waals surface area contributed by atoms with Gasteiger partial charge in [-0.25, -0.2) is 18.1 Å². The molecular weight excluding hydrogens is 436 g/mol. The van der Waals surface area contributed by atoms with Gasteiger partial charge in [-0.3, -0.25) is 4.79 Å². The molecule has 2 aromatic heterocycles. The molecule has 25 heavy (non-hydrogen) atoms. The summed E-state index contributed by atoms with van der Waals surface area (Å²) in [6.45, 7) is 0. The van der Waals surface area contributed by atoms with Crippen molar-refractivity contribution < 1.29 is 17.7 Å². The van der Waals surface area contributed by atoms with Crippen molar-refractivity contribution in [3.05, 3.63) is 58.1 Å². The third-order valence-corrected chi connectivity index (χ3v) is 5.51. The first-order valence-corrected chi connectivity index (χ1v) is 9.27. The Hall–Kier alpha value is -2.30. The molecule has 0 aliphatic rings. The van der Waals surface area contributed by atoms with Crippen LogP contribution in [0.4, 0.5) is 0 Å². The summed E-state index contributed by atoms with van der Waals surface area (Å²) in [5, 5.41) is 3.78. The number of aromatic nitrogens is 3. The van der Waals surface area contributed by atoms with Crippen molar-refractivity contribution in [2.75, 3.05) is 0 Å². The van der Waals surface area contributed by atoms with E-state index >= 15 is 0 Å². The van der Waals surface area contributed by atoms with Crippen LogP contribution in [0.2, 0.25) is 5.15 Å². The summed E-state index contributed by atoms with van der Waals surface area (Å²) < 4.78 is 31.4. The van der Waals surface area contributed by atoms with E-state index in [1.54, 1.807) is 12.1 Å². The van der Waals surface area contributed by atoms with Gasteiger partial charge in [-0.15, -0.1) is 0 Å². The molecule has 0 spiro atoms. The summed E-state index contributed by atoms with van der Waals surface area (Å²) >= 11 is 8.82. The summed E-state index contributed by atoms with van der Waals surface area (Å²) in [5.41, 5.74) is 0.774. The van der Waals surface area contributed by atoms with E-state index in [1.807, 2.05) is 4.72 Å². The van der Waals surface area contributed by atoms with Crippen molar-refractivity contribution in [3.63, 3.8) is 0 Å². The van der Waals surface area contributed by atoms with E-state index in [2.05, 4.69) is 35.6 Å². The van der Waals surface area contributed by atoms with Gasteiger partial charge in [0.05, 0.1) is 4.47 Å². The average molecular weight is 444 g/mol. The normalized spacial score (nSPS) is 11.3. The second-order valence-corrected chi connectivity index (χ2v) is 7.61. The summed E-state index contributed by atoms with van der Waals surface area (Å²) in [6.07, 6.45) is 2.24. The van der Waals surface area contributed by atoms with E-state index in [9.17, 15) is 13.2 Å². The predicted octanol–water partition coefficient (Wildman–Crippen LogP) is 2.67. The van der Waals surface area contributed by atoms with Crippen LogP contribution in [0.5, 0.6) is 0 Å². The van der Waals surface area contributed by atoms with Gasteiger partial charge in [-0.05, 0) is 34.1 Å². The molecule has 1 amide bonds. The maximum Gasteiger partial charge on any atom is 0.265 e. The SMILES string of the molecule is O=C(NS(=O)(=O)c1cnc(Cl)c(Br)c1)c1ccc(-c2ncon2)cc1. The first kappa shape index (κ1) is 17.5. The fourth-order valence-electron chi connectivity index (χ4n) is 1.86. The zero-order valence-electron chi connectivity index (χ0n) is 12.2. The molecule has 0 saturated carbocycles. The lowest BCUT2D eigenvalue weighted by atomic mass is 10.1. The molecule has 0 bridgehead atoms. The number of hydrogen-bond donors (Lipinski definition) is 1. The second-order valence-electron chi connectivity index (χ2n) is 4.71. The van der Waals surface area contributed by atoms with Crippen LogP contribution in [0.15, 0.2) is 56.8 Å². The van der Waals surface area contributed by atoms with E-state index in [1.165, 1.54) is 24.6 Å². The zero-order valence-corrected chi connectivity index (χ0v) is 15.3. The third kappa shape index (κ3) is 3.86. The summed E-state index contributed by atoms with van der Waals surface area (Å²) in [4.78, 5) is 19.6. The van der Waals surface area contributed by atoms with Gasteiger partial charge in [0.15, 0.2) is 0 Å². The van der Waals surface area contributed by atoms with Gasteiger partial charge in [0.25, 0.3) is 15.9 Å². The molecule has 0 saturated heterocycles. The van der Waals surface area contributed by atoms with E-state index < -0.39 is 15.9 Å². The molecule has 0 unspecified atom stereocenters. The number of halogens is 2. The van der Waals surface area contributed by atoms with Gasteiger partial charge in [0.2, 0.25) is 12.2 Å². The van der Waals surface area contributed by atoms with E-state index in [-0.39, 0.29) is 15.6 Å². The van der Waals surface area contributed by atoms with Crippen LogP contribution in [0, 0.1) is 0 Å². The lowest BCUT2D eigenvalue weighted by Gasteiger charge is -2.07. The number of carbonyl (C=O) groups is 1. The Labute approximate surface area is 155 Å². The first-order chi connectivity index (χ1) is 11.9. The van der Waals surface area contributed by atoms with Crippen molar-refractivity contribution in [2.45, 2.75) is 4.90 Å². The molecule has 11 heteroatoms. The standard InChI is InChI=1S/C14H8BrClN4O4S/c15-11-5-10(6-17-12(11)16)25(22,23)20-14(21)9-3-1-8(2-4-9)13-18-7-24-19-13/h1-7H,(H,20,21). The molecular formula is C14H8BrClN4O4S. The molecule has 1 N–H and O–H groups in total. The number of pyridine rings is 1. The molecule has 8 nitrogen and oxygen atoms in total. The van der Waals surface area contributed by atoms with E-state index in [0.717, 1.165) is 6.20 Å². The fraction of sp³-hybridized carbons (Fsp3) is 0. The topological polar surface area (TPSA) is 115 Å². The second kappa shape index (κ2) is 6.90. The summed E-state index contributed by atoms with van der Waals surface area (Å²) in [7, 11) is -4.09. The van der Waals surface area contributed by atoms with Crippen LogP contribution < -0.4 is 4.72 Å². The number of carbonyl (C=O) groups excluding carboxylic acids is 1. The lowest BCUT2D eigenvalue weighted by molar-refractivity contribution is 0.0981. The third-order valence-electron chi connectivity index (χ3n) is 3.08. The van der Waals surface area contributed by atoms with Gasteiger partial charge in [0, 0.05) is 17.3 Å². The molecule has 0 atom stereocenters. The number of sulfonamides is 1. The molecule has 128 valence electrons. The Balaban J connectivity index is 1.80. The molecule has 0 aliphatic carbocycles. The van der Waals surface area contributed by atoms with Crippen molar-refractivity contribution in [3.8, 4) is 11.4 Å². The minimum absolute atomic E-state index is 0.113. The quantitative estimate of drug-likeness (QED) is 0.616. The van der Waals surface area contributed by atoms with Gasteiger partial charge in [-0.1, -0.05) is 28.9 Å². The summed E-state index contributed by atoms with van der Waals surface area (Å²) in [5.74, 6) is -0.428. The molecule has 1 aromatic carbocycles. The Bertz CT molecular complexity index is 1020. The fourth-order valence-corrected chi connectivity index (χ4v) is 3.41. The van der Waals surface area contributed by atoms with Crippen molar-refractivity contribution in [1.29, 1.82) is 0 Å². The average Bonchev–Trinajstić information content (AvgIpc) is 3.11. The maximum atomic E-state index is 12.3. The minimum Gasteiger partial charge on any atom is -0.342 e. The highest BCUT2D eigenvalue weighted by atomic mass is 79.9. The summed E-state index contributed by atoms with van der Waals surface area (Å²) in [6, 6.07) is 7.31. The molecule has 0 fully saturated rings. The van der Waals surface area contributed by atoms with Crippen LogP contribution in [0.25, 0.3) is 11.4 Å². The number of hydrogen-bond acceptors (Lipinski definition) is 7. The minimum atomic E-state index is -4.09. The van der Waals surface area contributed by atoms with Crippen LogP contribution in [-0.2, 0) is 10.0 Å². The Morgan fingerprint density at radius 2 is 1.92 bits per heavy atom. The number of nitrogens with one attached hydrogen (secondary N) is 1. The van der Waals surface area contributed by atoms with Gasteiger partial charge < -0.3 is 4.52 Å². The smallest absolute Gasteiger partial charge is 0.265 e. The number of rotatable bonds is 4. The number of amides is 1. The monoisotopic (exact) mass is 442 g/mol. The lowest BCUT2D eigenvalue weighted by Crippen LogP contribution is -2.30. The predicted molar refractivity (Wildman–Crippen MR) is 91.3 cm³/mol. The molecule has 0 radical (unpaired) electrons. The van der Waals surface area contributed by atoms with Gasteiger partial charge in [0.1, 0.15) is 10.0 Å². The van der Waals surface area contributed by atoms with E-state index in [4.69, 9.17) is 11.6 Å². The van der Waals surface area contributed by atoms with Crippen molar-refractivity contribution >= 4 is 43.5 Å². The zero-order chi connectivity index (χ0) is 18.0. The number of nitrogens with zero attached hydrogens (tertiary/aromatic N) is 3. The highest BCUT2D eigenvalue weighted by Gasteiger charge is 2.20. The molecule has 0 aliphatic heterocycles. The highest BCUT2D eigenvalue weighted by Crippen LogP contribution is 2.23. The molecule has 3 aromatic rings. The van der Waals surface area contributed by atoms with E-state index in [0.29, 0.717) is 15.9 Å². The highest BCUT2D eigenvalue weighted by molar-refractivity contribution is 9.10. The van der Waals surface area contributed by atoms with Crippen LogP contribution >= 0.6 is 27.5 Å². The van der Waals surface area contributed by atoms with Crippen molar-refractivity contribution in [1.82, 2.24) is 19.8 Å². The first-order valence-electron chi connectivity index (χ1n) is 6.62. The molecule has 3 rings (SSSR count). The van der Waals surface area contributed by atoms with Crippen LogP contribution in [-0.4, -0.2) is 29.4 Å². The van der Waals surface area contributed by atoms with Gasteiger partial charge >= 0.3 is 0 Å². The van der Waals surface area contributed by atoms with Crippen LogP contribution in [0.1, 0.15) is 10.4 Å². The number of benzene rings is 1. The Morgan fingerprint density at radius 1 is 1.20 bits per heavy atom. The Kier molecular flexibility index (Phi) is 4.84. The molecule has 2 heterocycles. The largest absolute Gasteiger partial charge is 0.342 e. The Morgan fingerprint density at radius 3 is 2.52 bits per heavy atom.